The number of likely N-dealkylation sites (N-methyl/N-ethyl adjacent to an activating group) is 1. The predicted octanol–water partition coefficient (Wildman–Crippen LogP) is 2.16. The summed E-state index contributed by atoms with van der Waals surface area (Å²) in [7, 11) is 2.17. The second-order valence-corrected chi connectivity index (χ2v) is 9.23. The number of aliphatic carboxylic acids is 1. The smallest absolute Gasteiger partial charge is 0.339 e. The Hall–Kier alpha value is -2.91. The Morgan fingerprint density at radius 3 is 2.47 bits per heavy atom. The minimum absolute atomic E-state index is 0.00245. The molecule has 1 unspecified atom stereocenters. The number of ether oxygens (including phenoxy) is 1. The molecule has 2 aromatic rings. The van der Waals surface area contributed by atoms with E-state index in [2.05, 4.69) is 17.3 Å². The fourth-order valence-corrected chi connectivity index (χ4v) is 4.70. The number of carboxylic acids is 1. The first-order chi connectivity index (χ1) is 16.0. The van der Waals surface area contributed by atoms with Crippen LogP contribution in [0.1, 0.15) is 37.8 Å². The van der Waals surface area contributed by atoms with Gasteiger partial charge in [-0.1, -0.05) is 0 Å². The van der Waals surface area contributed by atoms with Crippen LogP contribution in [0.3, 0.4) is 0 Å². The fraction of sp³-hybridized carbons (Fsp3) is 0.560. The van der Waals surface area contributed by atoms with Crippen LogP contribution in [0.25, 0.3) is 11.0 Å². The Kier molecular flexibility index (Phi) is 7.99. The number of piperidine rings is 1. The topological polar surface area (TPSA) is 112 Å². The molecule has 1 aromatic heterocycles. The van der Waals surface area contributed by atoms with Gasteiger partial charge in [-0.25, -0.2) is 4.79 Å². The van der Waals surface area contributed by atoms with E-state index >= 15 is 0 Å². The van der Waals surface area contributed by atoms with Crippen LogP contribution in [0.5, 0.6) is 5.75 Å². The normalized spacial score (nSPS) is 18.8. The number of amides is 1. The van der Waals surface area contributed by atoms with E-state index in [0.717, 1.165) is 56.9 Å². The molecule has 0 radical (unpaired) electrons. The maximum atomic E-state index is 13.1. The molecule has 2 aliphatic rings. The third kappa shape index (κ3) is 5.59. The van der Waals surface area contributed by atoms with Crippen LogP contribution < -0.4 is 15.7 Å². The molecule has 1 atom stereocenters. The van der Waals surface area contributed by atoms with Crippen molar-refractivity contribution >= 4 is 22.8 Å². The summed E-state index contributed by atoms with van der Waals surface area (Å²) >= 11 is 0. The molecule has 0 aliphatic carbocycles. The summed E-state index contributed by atoms with van der Waals surface area (Å²) in [5.74, 6) is -0.303. The molecule has 2 fully saturated rings. The van der Waals surface area contributed by atoms with Crippen molar-refractivity contribution in [3.05, 3.63) is 39.7 Å². The van der Waals surface area contributed by atoms with Gasteiger partial charge in [-0.3, -0.25) is 14.5 Å². The highest BCUT2D eigenvalue weighted by atomic mass is 16.5. The standard InChI is InChI=1S/C23H31N3O4.C2H4O2/c1-15-16(2)22(28)30-20-13-18(5-6-19(15)20)29-17(3)21(27)26-12-11-25(4)23(14-26)7-9-24-10-8-23;1-2(3)4/h5-6,13,17,24H,7-12,14H2,1-4H3;1H3,(H,3,4). The number of fused-ring (bicyclic) bond motifs is 1. The van der Waals surface area contributed by atoms with Crippen molar-refractivity contribution in [2.24, 2.45) is 0 Å². The van der Waals surface area contributed by atoms with Crippen molar-refractivity contribution in [1.29, 1.82) is 0 Å². The number of aryl methyl sites for hydroxylation is 1. The third-order valence-electron chi connectivity index (χ3n) is 6.94. The minimum atomic E-state index is -0.833. The number of carbonyl (C=O) groups excluding carboxylic acids is 1. The Bertz CT molecular complexity index is 1100. The fourth-order valence-electron chi connectivity index (χ4n) is 4.70. The molecule has 2 N–H and O–H groups in total. The van der Waals surface area contributed by atoms with Crippen LogP contribution in [0.4, 0.5) is 0 Å². The first-order valence-electron chi connectivity index (χ1n) is 11.6. The van der Waals surface area contributed by atoms with Gasteiger partial charge in [0, 0.05) is 49.1 Å². The highest BCUT2D eigenvalue weighted by molar-refractivity contribution is 5.83. The number of rotatable bonds is 3. The van der Waals surface area contributed by atoms with Gasteiger partial charge in [-0.15, -0.1) is 0 Å². The van der Waals surface area contributed by atoms with Gasteiger partial charge >= 0.3 is 5.63 Å². The summed E-state index contributed by atoms with van der Waals surface area (Å²) in [5, 5.41) is 11.7. The predicted molar refractivity (Wildman–Crippen MR) is 129 cm³/mol. The molecular formula is C25H35N3O6. The number of nitrogens with one attached hydrogen (secondary N) is 1. The van der Waals surface area contributed by atoms with Gasteiger partial charge in [-0.2, -0.15) is 0 Å². The van der Waals surface area contributed by atoms with Gasteiger partial charge < -0.3 is 24.5 Å². The first kappa shape index (κ1) is 25.7. The molecule has 186 valence electrons. The lowest BCUT2D eigenvalue weighted by Crippen LogP contribution is -2.65. The Morgan fingerprint density at radius 2 is 1.82 bits per heavy atom. The molecule has 1 aromatic carbocycles. The molecule has 0 bridgehead atoms. The van der Waals surface area contributed by atoms with Gasteiger partial charge in [0.2, 0.25) is 0 Å². The van der Waals surface area contributed by atoms with E-state index in [0.29, 0.717) is 23.4 Å². The van der Waals surface area contributed by atoms with Crippen molar-refractivity contribution in [3.63, 3.8) is 0 Å². The summed E-state index contributed by atoms with van der Waals surface area (Å²) in [6.07, 6.45) is 1.48. The van der Waals surface area contributed by atoms with E-state index in [1.54, 1.807) is 19.9 Å². The molecule has 1 spiro atoms. The van der Waals surface area contributed by atoms with E-state index in [-0.39, 0.29) is 17.1 Å². The summed E-state index contributed by atoms with van der Waals surface area (Å²) in [6, 6.07) is 5.41. The maximum Gasteiger partial charge on any atom is 0.339 e. The van der Waals surface area contributed by atoms with Gasteiger partial charge in [0.25, 0.3) is 11.9 Å². The number of hydrogen-bond acceptors (Lipinski definition) is 7. The van der Waals surface area contributed by atoms with Crippen molar-refractivity contribution < 1.29 is 23.8 Å². The average Bonchev–Trinajstić information content (AvgIpc) is 2.79. The van der Waals surface area contributed by atoms with Gasteiger partial charge in [0.15, 0.2) is 6.10 Å². The number of piperazine rings is 1. The average molecular weight is 474 g/mol. The summed E-state index contributed by atoms with van der Waals surface area (Å²) in [5.41, 5.74) is 1.71. The lowest BCUT2D eigenvalue weighted by Gasteiger charge is -2.51. The van der Waals surface area contributed by atoms with Crippen LogP contribution in [0, 0.1) is 13.8 Å². The van der Waals surface area contributed by atoms with Gasteiger partial charge in [0.05, 0.1) is 0 Å². The van der Waals surface area contributed by atoms with Crippen LogP contribution in [0.2, 0.25) is 0 Å². The molecule has 34 heavy (non-hydrogen) atoms. The number of carbonyl (C=O) groups is 2. The molecular weight excluding hydrogens is 438 g/mol. The number of benzene rings is 1. The minimum Gasteiger partial charge on any atom is -0.481 e. The number of hydrogen-bond donors (Lipinski definition) is 2. The van der Waals surface area contributed by atoms with Crippen LogP contribution in [-0.4, -0.2) is 78.2 Å². The summed E-state index contributed by atoms with van der Waals surface area (Å²) < 4.78 is 11.4. The number of nitrogens with zero attached hydrogens (tertiary/aromatic N) is 2. The Balaban J connectivity index is 0.000000751. The van der Waals surface area contributed by atoms with Crippen molar-refractivity contribution in [1.82, 2.24) is 15.1 Å². The number of carboxylic acid groups (broad SMARTS) is 1. The lowest BCUT2D eigenvalue weighted by molar-refractivity contribution is -0.144. The third-order valence-corrected chi connectivity index (χ3v) is 6.94. The highest BCUT2D eigenvalue weighted by Crippen LogP contribution is 2.30. The van der Waals surface area contributed by atoms with Gasteiger partial charge in [-0.05, 0) is 71.4 Å². The van der Waals surface area contributed by atoms with E-state index in [9.17, 15) is 9.59 Å². The zero-order valence-electron chi connectivity index (χ0n) is 20.6. The molecule has 4 rings (SSSR count). The quantitative estimate of drug-likeness (QED) is 0.653. The molecule has 3 heterocycles. The second-order valence-electron chi connectivity index (χ2n) is 9.23. The molecule has 1 amide bonds. The first-order valence-corrected chi connectivity index (χ1v) is 11.6. The van der Waals surface area contributed by atoms with E-state index in [1.807, 2.05) is 24.0 Å². The zero-order valence-corrected chi connectivity index (χ0v) is 20.6. The van der Waals surface area contributed by atoms with E-state index < -0.39 is 12.1 Å². The molecule has 0 saturated carbocycles. The maximum absolute atomic E-state index is 13.1. The molecule has 9 heteroatoms. The van der Waals surface area contributed by atoms with E-state index in [1.165, 1.54) is 0 Å². The summed E-state index contributed by atoms with van der Waals surface area (Å²) in [4.78, 5) is 38.5. The van der Waals surface area contributed by atoms with Crippen molar-refractivity contribution in [2.45, 2.75) is 52.2 Å². The molecule has 2 saturated heterocycles. The molecule has 2 aliphatic heterocycles. The van der Waals surface area contributed by atoms with E-state index in [4.69, 9.17) is 19.1 Å². The summed E-state index contributed by atoms with van der Waals surface area (Å²) in [6.45, 7) is 10.8. The van der Waals surface area contributed by atoms with Gasteiger partial charge in [0.1, 0.15) is 11.3 Å². The largest absolute Gasteiger partial charge is 0.481 e. The van der Waals surface area contributed by atoms with Crippen LogP contribution in [0.15, 0.2) is 27.4 Å². The highest BCUT2D eigenvalue weighted by Gasteiger charge is 2.42. The zero-order chi connectivity index (χ0) is 25.0. The Labute approximate surface area is 199 Å². The van der Waals surface area contributed by atoms with Crippen LogP contribution >= 0.6 is 0 Å². The molecule has 9 nitrogen and oxygen atoms in total. The SMILES string of the molecule is CC(=O)O.Cc1c(C)c2ccc(OC(C)C(=O)N3CCN(C)C4(CCNCC4)C3)cc2oc1=O. The van der Waals surface area contributed by atoms with Crippen LogP contribution in [-0.2, 0) is 9.59 Å². The van der Waals surface area contributed by atoms with Crippen molar-refractivity contribution in [3.8, 4) is 5.75 Å². The second kappa shape index (κ2) is 10.6. The van der Waals surface area contributed by atoms with Crippen molar-refractivity contribution in [2.75, 3.05) is 39.8 Å². The lowest BCUT2D eigenvalue weighted by atomic mass is 9.84. The Morgan fingerprint density at radius 1 is 1.18 bits per heavy atom. The monoisotopic (exact) mass is 473 g/mol.